The number of nitro benzene ring substituents is 1. The van der Waals surface area contributed by atoms with E-state index in [-0.39, 0.29) is 22.7 Å². The summed E-state index contributed by atoms with van der Waals surface area (Å²) in [5.74, 6) is 0.846. The molecular weight excluding hydrogens is 256 g/mol. The molecule has 0 amide bonds. The molecule has 5 nitrogen and oxygen atoms in total. The average molecular weight is 274 g/mol. The molecule has 0 aliphatic rings. The van der Waals surface area contributed by atoms with Gasteiger partial charge in [0.25, 0.3) is 5.69 Å². The number of benzene rings is 1. The molecule has 0 aliphatic carbocycles. The smallest absolute Gasteiger partial charge is 0.272 e. The Bertz CT molecular complexity index is 593. The second-order valence-corrected chi connectivity index (χ2v) is 4.93. The molecule has 2 aromatic rings. The van der Waals surface area contributed by atoms with Crippen LogP contribution in [0.15, 0.2) is 41.0 Å². The van der Waals surface area contributed by atoms with Crippen LogP contribution in [0.25, 0.3) is 0 Å². The van der Waals surface area contributed by atoms with Gasteiger partial charge < -0.3 is 9.73 Å². The van der Waals surface area contributed by atoms with E-state index >= 15 is 0 Å². The topological polar surface area (TPSA) is 68.3 Å². The van der Waals surface area contributed by atoms with Gasteiger partial charge in [0, 0.05) is 17.7 Å². The number of nitrogens with zero attached hydrogens (tertiary/aromatic N) is 1. The van der Waals surface area contributed by atoms with Gasteiger partial charge in [-0.1, -0.05) is 12.1 Å². The normalized spacial score (nSPS) is 13.9. The summed E-state index contributed by atoms with van der Waals surface area (Å²) in [5, 5.41) is 14.3. The zero-order valence-corrected chi connectivity index (χ0v) is 11.8. The molecule has 0 fully saturated rings. The number of rotatable bonds is 5. The van der Waals surface area contributed by atoms with Crippen molar-refractivity contribution in [3.8, 4) is 0 Å². The van der Waals surface area contributed by atoms with Gasteiger partial charge in [-0.25, -0.2) is 0 Å². The third kappa shape index (κ3) is 3.05. The van der Waals surface area contributed by atoms with E-state index in [1.807, 2.05) is 32.0 Å². The third-order valence-corrected chi connectivity index (χ3v) is 3.40. The Balaban J connectivity index is 2.15. The van der Waals surface area contributed by atoms with Crippen LogP contribution < -0.4 is 5.32 Å². The average Bonchev–Trinajstić information content (AvgIpc) is 2.92. The Labute approximate surface area is 117 Å². The Morgan fingerprint density at radius 3 is 2.60 bits per heavy atom. The number of nitro groups is 1. The lowest BCUT2D eigenvalue weighted by molar-refractivity contribution is -0.385. The Kier molecular flexibility index (Phi) is 4.20. The van der Waals surface area contributed by atoms with Crippen molar-refractivity contribution in [3.05, 3.63) is 63.6 Å². The molecule has 2 rings (SSSR count). The van der Waals surface area contributed by atoms with Crippen molar-refractivity contribution in [2.24, 2.45) is 0 Å². The second kappa shape index (κ2) is 5.88. The second-order valence-electron chi connectivity index (χ2n) is 4.93. The first-order valence-corrected chi connectivity index (χ1v) is 6.53. The van der Waals surface area contributed by atoms with E-state index < -0.39 is 0 Å². The molecular formula is C15H18N2O3. The van der Waals surface area contributed by atoms with E-state index in [0.717, 1.165) is 11.3 Å². The van der Waals surface area contributed by atoms with Crippen LogP contribution in [-0.4, -0.2) is 4.92 Å². The molecule has 0 spiro atoms. The van der Waals surface area contributed by atoms with Gasteiger partial charge in [0.1, 0.15) is 5.76 Å². The van der Waals surface area contributed by atoms with Crippen LogP contribution in [0.4, 0.5) is 5.69 Å². The molecule has 2 atom stereocenters. The van der Waals surface area contributed by atoms with Crippen molar-refractivity contribution < 1.29 is 9.34 Å². The highest BCUT2D eigenvalue weighted by Gasteiger charge is 2.17. The summed E-state index contributed by atoms with van der Waals surface area (Å²) in [6.45, 7) is 5.72. The van der Waals surface area contributed by atoms with Crippen molar-refractivity contribution in [2.75, 3.05) is 0 Å². The van der Waals surface area contributed by atoms with Crippen LogP contribution >= 0.6 is 0 Å². The Morgan fingerprint density at radius 1 is 1.25 bits per heavy atom. The van der Waals surface area contributed by atoms with Crippen LogP contribution in [0.2, 0.25) is 0 Å². The molecule has 1 N–H and O–H groups in total. The van der Waals surface area contributed by atoms with Crippen LogP contribution in [0, 0.1) is 17.0 Å². The fraction of sp³-hybridized carbons (Fsp3) is 0.333. The van der Waals surface area contributed by atoms with Crippen molar-refractivity contribution in [2.45, 2.75) is 32.9 Å². The molecule has 0 saturated heterocycles. The van der Waals surface area contributed by atoms with Crippen molar-refractivity contribution >= 4 is 5.69 Å². The summed E-state index contributed by atoms with van der Waals surface area (Å²) in [6.07, 6.45) is 1.63. The predicted molar refractivity (Wildman–Crippen MR) is 76.5 cm³/mol. The predicted octanol–water partition coefficient (Wildman–Crippen LogP) is 3.91. The maximum absolute atomic E-state index is 11.0. The van der Waals surface area contributed by atoms with Crippen LogP contribution in [0.5, 0.6) is 0 Å². The van der Waals surface area contributed by atoms with Crippen LogP contribution in [-0.2, 0) is 0 Å². The summed E-state index contributed by atoms with van der Waals surface area (Å²) >= 11 is 0. The van der Waals surface area contributed by atoms with Gasteiger partial charge in [-0.15, -0.1) is 0 Å². The van der Waals surface area contributed by atoms with Crippen molar-refractivity contribution in [3.63, 3.8) is 0 Å². The fourth-order valence-electron chi connectivity index (χ4n) is 2.18. The monoisotopic (exact) mass is 274 g/mol. The summed E-state index contributed by atoms with van der Waals surface area (Å²) in [7, 11) is 0. The zero-order valence-electron chi connectivity index (χ0n) is 11.8. The van der Waals surface area contributed by atoms with Gasteiger partial charge in [-0.05, 0) is 38.5 Å². The minimum Gasteiger partial charge on any atom is -0.468 e. The molecule has 0 aliphatic heterocycles. The van der Waals surface area contributed by atoms with Gasteiger partial charge >= 0.3 is 0 Å². The fourth-order valence-corrected chi connectivity index (χ4v) is 2.18. The van der Waals surface area contributed by atoms with E-state index in [9.17, 15) is 10.1 Å². The number of aryl methyl sites for hydroxylation is 1. The molecule has 20 heavy (non-hydrogen) atoms. The standard InChI is InChI=1S/C15H18N2O3/c1-10-6-7-13(9-14(10)17(18)19)11(2)16-12(3)15-5-4-8-20-15/h4-9,11-12,16H,1-3H3/t11?,12-/m0/s1. The third-order valence-electron chi connectivity index (χ3n) is 3.40. The van der Waals surface area contributed by atoms with E-state index in [2.05, 4.69) is 5.32 Å². The molecule has 1 unspecified atom stereocenters. The van der Waals surface area contributed by atoms with Crippen molar-refractivity contribution in [1.82, 2.24) is 5.32 Å². The first-order valence-electron chi connectivity index (χ1n) is 6.53. The van der Waals surface area contributed by atoms with E-state index in [1.165, 1.54) is 0 Å². The lowest BCUT2D eigenvalue weighted by Crippen LogP contribution is -2.22. The molecule has 0 radical (unpaired) electrons. The molecule has 1 aromatic carbocycles. The maximum Gasteiger partial charge on any atom is 0.272 e. The zero-order chi connectivity index (χ0) is 14.7. The molecule has 0 bridgehead atoms. The van der Waals surface area contributed by atoms with Crippen LogP contribution in [0.3, 0.4) is 0 Å². The SMILES string of the molecule is Cc1ccc(C(C)N[C@@H](C)c2ccco2)cc1[N+](=O)[O-]. The lowest BCUT2D eigenvalue weighted by Gasteiger charge is -2.19. The Hall–Kier alpha value is -2.14. The number of hydrogen-bond donors (Lipinski definition) is 1. The number of furan rings is 1. The summed E-state index contributed by atoms with van der Waals surface area (Å²) in [6, 6.07) is 9.10. The number of hydrogen-bond acceptors (Lipinski definition) is 4. The quantitative estimate of drug-likeness (QED) is 0.663. The molecule has 5 heteroatoms. The number of nitrogens with one attached hydrogen (secondary N) is 1. The molecule has 1 aromatic heterocycles. The van der Waals surface area contributed by atoms with E-state index in [0.29, 0.717) is 5.56 Å². The van der Waals surface area contributed by atoms with Crippen molar-refractivity contribution in [1.29, 1.82) is 0 Å². The first kappa shape index (κ1) is 14.3. The highest BCUT2D eigenvalue weighted by Crippen LogP contribution is 2.25. The lowest BCUT2D eigenvalue weighted by atomic mass is 10.0. The minimum absolute atomic E-state index is 0.00519. The minimum atomic E-state index is -0.346. The van der Waals surface area contributed by atoms with E-state index in [1.54, 1.807) is 25.3 Å². The molecule has 0 saturated carbocycles. The Morgan fingerprint density at radius 2 is 2.00 bits per heavy atom. The highest BCUT2D eigenvalue weighted by atomic mass is 16.6. The summed E-state index contributed by atoms with van der Waals surface area (Å²) in [4.78, 5) is 10.6. The molecule has 106 valence electrons. The first-order chi connectivity index (χ1) is 9.49. The van der Waals surface area contributed by atoms with Gasteiger partial charge in [0.15, 0.2) is 0 Å². The maximum atomic E-state index is 11.0. The van der Waals surface area contributed by atoms with Gasteiger partial charge in [-0.3, -0.25) is 10.1 Å². The van der Waals surface area contributed by atoms with Gasteiger partial charge in [-0.2, -0.15) is 0 Å². The summed E-state index contributed by atoms with van der Waals surface area (Å²) in [5.41, 5.74) is 1.72. The van der Waals surface area contributed by atoms with E-state index in [4.69, 9.17) is 4.42 Å². The molecule has 1 heterocycles. The summed E-state index contributed by atoms with van der Waals surface area (Å²) < 4.78 is 5.34. The largest absolute Gasteiger partial charge is 0.468 e. The van der Waals surface area contributed by atoms with Gasteiger partial charge in [0.05, 0.1) is 17.2 Å². The van der Waals surface area contributed by atoms with Gasteiger partial charge in [0.2, 0.25) is 0 Å². The highest BCUT2D eigenvalue weighted by molar-refractivity contribution is 5.43. The van der Waals surface area contributed by atoms with Crippen LogP contribution in [0.1, 0.15) is 42.8 Å².